The van der Waals surface area contributed by atoms with Gasteiger partial charge < -0.3 is 9.55 Å². The Morgan fingerprint density at radius 1 is 0.952 bits per heavy atom. The normalized spacial score (nSPS) is 10.6. The molecule has 4 aromatic rings. The Kier molecular flexibility index (Phi) is 3.48. The summed E-state index contributed by atoms with van der Waals surface area (Å²) < 4.78 is 2.13. The number of benzene rings is 2. The van der Waals surface area contributed by atoms with Crippen molar-refractivity contribution in [3.05, 3.63) is 66.1 Å². The molecule has 0 aliphatic rings. The molecule has 21 heavy (non-hydrogen) atoms. The van der Waals surface area contributed by atoms with Gasteiger partial charge in [-0.05, 0) is 55.1 Å². The summed E-state index contributed by atoms with van der Waals surface area (Å²) in [5.41, 5.74) is 6.03. The third-order valence-electron chi connectivity index (χ3n) is 3.62. The first kappa shape index (κ1) is 13.4. The molecule has 0 aliphatic carbocycles. The minimum Gasteiger partial charge on any atom is -0.351 e. The van der Waals surface area contributed by atoms with Gasteiger partial charge in [-0.1, -0.05) is 17.7 Å². The van der Waals surface area contributed by atoms with Crippen LogP contribution in [0.5, 0.6) is 0 Å². The van der Waals surface area contributed by atoms with Crippen molar-refractivity contribution in [2.45, 2.75) is 13.8 Å². The predicted octanol–water partition coefficient (Wildman–Crippen LogP) is 4.36. The zero-order valence-corrected chi connectivity index (χ0v) is 12.6. The number of nitrogens with zero attached hydrogens (tertiary/aromatic N) is 2. The lowest BCUT2D eigenvalue weighted by Crippen LogP contribution is -1.82. The third kappa shape index (κ3) is 2.82. The van der Waals surface area contributed by atoms with E-state index in [4.69, 9.17) is 0 Å². The van der Waals surface area contributed by atoms with E-state index in [1.165, 1.54) is 22.0 Å². The number of imidazole rings is 1. The first-order valence-corrected chi connectivity index (χ1v) is 7.05. The molecule has 4 rings (SSSR count). The molecule has 3 heteroatoms. The minimum atomic E-state index is 1.03. The number of rotatable bonds is 0. The number of aromatic amines is 1. The highest BCUT2D eigenvalue weighted by molar-refractivity contribution is 5.80. The smallest absolute Gasteiger partial charge is 0.0931 e. The largest absolute Gasteiger partial charge is 0.351 e. The second-order valence-electron chi connectivity index (χ2n) is 5.41. The van der Waals surface area contributed by atoms with Gasteiger partial charge in [-0.2, -0.15) is 0 Å². The molecule has 2 aromatic carbocycles. The van der Waals surface area contributed by atoms with Crippen LogP contribution in [0.15, 0.2) is 55.0 Å². The molecule has 1 N–H and O–H groups in total. The van der Waals surface area contributed by atoms with E-state index in [0.29, 0.717) is 0 Å². The lowest BCUT2D eigenvalue weighted by molar-refractivity contribution is 0.969. The Morgan fingerprint density at radius 2 is 1.71 bits per heavy atom. The highest BCUT2D eigenvalue weighted by atomic mass is 14.9. The van der Waals surface area contributed by atoms with Crippen molar-refractivity contribution in [3.63, 3.8) is 0 Å². The molecular formula is C18H19N3. The Labute approximate surface area is 124 Å². The lowest BCUT2D eigenvalue weighted by atomic mass is 10.2. The van der Waals surface area contributed by atoms with E-state index < -0.39 is 0 Å². The number of fused-ring (bicyclic) bond motifs is 2. The van der Waals surface area contributed by atoms with Crippen LogP contribution in [0.2, 0.25) is 0 Å². The molecule has 0 spiro atoms. The highest BCUT2D eigenvalue weighted by Crippen LogP contribution is 2.15. The van der Waals surface area contributed by atoms with Crippen molar-refractivity contribution in [2.24, 2.45) is 7.05 Å². The Morgan fingerprint density at radius 3 is 2.57 bits per heavy atom. The first-order valence-electron chi connectivity index (χ1n) is 7.05. The van der Waals surface area contributed by atoms with Gasteiger partial charge in [0.25, 0.3) is 0 Å². The summed E-state index contributed by atoms with van der Waals surface area (Å²) in [5.74, 6) is 0. The zero-order chi connectivity index (χ0) is 14.8. The number of H-pyrrole nitrogens is 1. The molecule has 0 unspecified atom stereocenters. The highest BCUT2D eigenvalue weighted by Gasteiger charge is 1.95. The predicted molar refractivity (Wildman–Crippen MR) is 88.5 cm³/mol. The summed E-state index contributed by atoms with van der Waals surface area (Å²) >= 11 is 0. The monoisotopic (exact) mass is 277 g/mol. The van der Waals surface area contributed by atoms with E-state index in [2.05, 4.69) is 78.0 Å². The van der Waals surface area contributed by atoms with E-state index >= 15 is 0 Å². The van der Waals surface area contributed by atoms with Crippen LogP contribution in [-0.2, 0) is 7.05 Å². The third-order valence-corrected chi connectivity index (χ3v) is 3.62. The summed E-state index contributed by atoms with van der Waals surface area (Å²) in [6.07, 6.45) is 3.80. The Bertz CT molecular complexity index is 884. The molecule has 3 nitrogen and oxygen atoms in total. The molecule has 0 amide bonds. The molecule has 2 aromatic heterocycles. The maximum absolute atomic E-state index is 4.10. The fourth-order valence-electron chi connectivity index (χ4n) is 2.45. The average molecular weight is 277 g/mol. The average Bonchev–Trinajstić information content (AvgIpc) is 3.06. The van der Waals surface area contributed by atoms with Gasteiger partial charge in [0.05, 0.1) is 17.4 Å². The van der Waals surface area contributed by atoms with Gasteiger partial charge in [0.2, 0.25) is 0 Å². The number of hydrogen-bond acceptors (Lipinski definition) is 1. The Balaban J connectivity index is 0.000000126. The first-order chi connectivity index (χ1) is 10.1. The van der Waals surface area contributed by atoms with E-state index in [0.717, 1.165) is 11.0 Å². The summed E-state index contributed by atoms with van der Waals surface area (Å²) in [4.78, 5) is 7.15. The minimum absolute atomic E-state index is 1.03. The van der Waals surface area contributed by atoms with Crippen molar-refractivity contribution < 1.29 is 0 Å². The lowest BCUT2D eigenvalue weighted by Gasteiger charge is -1.95. The molecule has 0 bridgehead atoms. The summed E-state index contributed by atoms with van der Waals surface area (Å²) in [6.45, 7) is 4.19. The van der Waals surface area contributed by atoms with Gasteiger partial charge in [0, 0.05) is 18.8 Å². The number of aromatic nitrogens is 3. The molecule has 0 atom stereocenters. The summed E-state index contributed by atoms with van der Waals surface area (Å²) in [6, 6.07) is 14.8. The number of aryl methyl sites for hydroxylation is 3. The van der Waals surface area contributed by atoms with Crippen molar-refractivity contribution in [1.82, 2.24) is 14.5 Å². The van der Waals surface area contributed by atoms with Crippen LogP contribution in [0.4, 0.5) is 0 Å². The van der Waals surface area contributed by atoms with E-state index in [1.807, 2.05) is 6.07 Å². The van der Waals surface area contributed by atoms with Gasteiger partial charge in [-0.3, -0.25) is 0 Å². The van der Waals surface area contributed by atoms with E-state index in [1.54, 1.807) is 6.33 Å². The summed E-state index contributed by atoms with van der Waals surface area (Å²) in [5, 5.41) is 1.33. The fraction of sp³-hybridized carbons (Fsp3) is 0.167. The van der Waals surface area contributed by atoms with Crippen molar-refractivity contribution >= 4 is 21.9 Å². The summed E-state index contributed by atoms with van der Waals surface area (Å²) in [7, 11) is 2.07. The quantitative estimate of drug-likeness (QED) is 0.509. The SMILES string of the molecule is Cc1ccc2c(ccn2C)c1.Cc1ccc2nc[nH]c2c1. The van der Waals surface area contributed by atoms with Gasteiger partial charge in [0.15, 0.2) is 0 Å². The van der Waals surface area contributed by atoms with Gasteiger partial charge >= 0.3 is 0 Å². The van der Waals surface area contributed by atoms with Crippen LogP contribution in [0.1, 0.15) is 11.1 Å². The molecule has 0 fully saturated rings. The van der Waals surface area contributed by atoms with Gasteiger partial charge in [0.1, 0.15) is 0 Å². The van der Waals surface area contributed by atoms with Crippen molar-refractivity contribution in [3.8, 4) is 0 Å². The number of nitrogens with one attached hydrogen (secondary N) is 1. The molecule has 0 saturated heterocycles. The van der Waals surface area contributed by atoms with Crippen LogP contribution in [0.3, 0.4) is 0 Å². The van der Waals surface area contributed by atoms with Crippen LogP contribution < -0.4 is 0 Å². The topological polar surface area (TPSA) is 33.6 Å². The molecule has 0 radical (unpaired) electrons. The molecule has 2 heterocycles. The molecule has 106 valence electrons. The maximum Gasteiger partial charge on any atom is 0.0931 e. The second kappa shape index (κ2) is 5.44. The van der Waals surface area contributed by atoms with Crippen LogP contribution >= 0.6 is 0 Å². The van der Waals surface area contributed by atoms with Gasteiger partial charge in [-0.25, -0.2) is 4.98 Å². The van der Waals surface area contributed by atoms with Crippen LogP contribution in [-0.4, -0.2) is 14.5 Å². The second-order valence-corrected chi connectivity index (χ2v) is 5.41. The van der Waals surface area contributed by atoms with E-state index in [-0.39, 0.29) is 0 Å². The Hall–Kier alpha value is -2.55. The molecular weight excluding hydrogens is 258 g/mol. The van der Waals surface area contributed by atoms with Crippen LogP contribution in [0.25, 0.3) is 21.9 Å². The maximum atomic E-state index is 4.10. The standard InChI is InChI=1S/C10H11N.C8H8N2/c1-8-3-4-10-9(7-8)5-6-11(10)2;1-6-2-3-7-8(4-6)10-5-9-7/h3-7H,1-2H3;2-5H,1H3,(H,9,10). The van der Waals surface area contributed by atoms with E-state index in [9.17, 15) is 0 Å². The molecule has 0 aliphatic heterocycles. The van der Waals surface area contributed by atoms with Crippen molar-refractivity contribution in [2.75, 3.05) is 0 Å². The van der Waals surface area contributed by atoms with Crippen molar-refractivity contribution in [1.29, 1.82) is 0 Å². The number of hydrogen-bond donors (Lipinski definition) is 1. The zero-order valence-electron chi connectivity index (χ0n) is 12.6. The fourth-order valence-corrected chi connectivity index (χ4v) is 2.45. The molecule has 0 saturated carbocycles. The van der Waals surface area contributed by atoms with Gasteiger partial charge in [-0.15, -0.1) is 0 Å². The van der Waals surface area contributed by atoms with Crippen LogP contribution in [0, 0.1) is 13.8 Å².